The van der Waals surface area contributed by atoms with Gasteiger partial charge in [0.1, 0.15) is 0 Å². The quantitative estimate of drug-likeness (QED) is 0.746. The van der Waals surface area contributed by atoms with Crippen LogP contribution in [0, 0.1) is 0 Å². The molecule has 0 fully saturated rings. The van der Waals surface area contributed by atoms with Crippen molar-refractivity contribution in [3.05, 3.63) is 71.9 Å². The highest BCUT2D eigenvalue weighted by molar-refractivity contribution is 5.80. The molecule has 0 unspecified atom stereocenters. The molecule has 1 heterocycles. The highest BCUT2D eigenvalue weighted by atomic mass is 16.3. The molecule has 0 amide bonds. The van der Waals surface area contributed by atoms with Gasteiger partial charge in [0.15, 0.2) is 0 Å². The van der Waals surface area contributed by atoms with E-state index in [1.807, 2.05) is 6.07 Å². The maximum Gasteiger partial charge on any atom is 0.0682 e. The van der Waals surface area contributed by atoms with Crippen LogP contribution in [0.1, 0.15) is 17.5 Å². The van der Waals surface area contributed by atoms with Gasteiger partial charge in [-0.15, -0.1) is 0 Å². The summed E-state index contributed by atoms with van der Waals surface area (Å²) in [5, 5.41) is 10.4. The third-order valence-electron chi connectivity index (χ3n) is 3.73. The van der Waals surface area contributed by atoms with E-state index >= 15 is 0 Å². The predicted molar refractivity (Wildman–Crippen MR) is 82.6 cm³/mol. The Labute approximate surface area is 119 Å². The second-order valence-corrected chi connectivity index (χ2v) is 5.15. The minimum Gasteiger partial charge on any atom is -0.392 e. The van der Waals surface area contributed by atoms with Crippen molar-refractivity contribution in [2.24, 2.45) is 0 Å². The number of rotatable bonds is 5. The van der Waals surface area contributed by atoms with Gasteiger partial charge < -0.3 is 9.67 Å². The van der Waals surface area contributed by atoms with Gasteiger partial charge in [0, 0.05) is 18.3 Å². The molecule has 2 nitrogen and oxygen atoms in total. The molecule has 1 aromatic heterocycles. The maximum absolute atomic E-state index is 9.16. The third kappa shape index (κ3) is 2.75. The lowest BCUT2D eigenvalue weighted by Gasteiger charge is -2.06. The molecule has 0 bridgehead atoms. The maximum atomic E-state index is 9.16. The first kappa shape index (κ1) is 12.9. The van der Waals surface area contributed by atoms with E-state index in [0.717, 1.165) is 24.9 Å². The number of nitrogens with zero attached hydrogens (tertiary/aromatic N) is 1. The lowest BCUT2D eigenvalue weighted by Crippen LogP contribution is -1.98. The average molecular weight is 265 g/mol. The molecular weight excluding hydrogens is 246 g/mol. The van der Waals surface area contributed by atoms with Crippen molar-refractivity contribution in [1.29, 1.82) is 0 Å². The van der Waals surface area contributed by atoms with Crippen molar-refractivity contribution in [3.63, 3.8) is 0 Å². The molecule has 0 spiro atoms. The summed E-state index contributed by atoms with van der Waals surface area (Å²) in [6.45, 7) is 1.13. The first-order valence-electron chi connectivity index (χ1n) is 7.09. The van der Waals surface area contributed by atoms with Gasteiger partial charge in [-0.05, 0) is 47.6 Å². The molecule has 0 aliphatic heterocycles. The summed E-state index contributed by atoms with van der Waals surface area (Å²) in [5.41, 5.74) is 3.61. The Bertz CT molecular complexity index is 685. The monoisotopic (exact) mass is 265 g/mol. The molecule has 2 heteroatoms. The zero-order valence-electron chi connectivity index (χ0n) is 11.5. The zero-order chi connectivity index (χ0) is 13.8. The second-order valence-electron chi connectivity index (χ2n) is 5.15. The Morgan fingerprint density at radius 3 is 2.55 bits per heavy atom. The SMILES string of the molecule is OCc1ccc2c(ccn2CCCc2ccccc2)c1. The first-order chi connectivity index (χ1) is 9.86. The van der Waals surface area contributed by atoms with Crippen LogP contribution in [-0.2, 0) is 19.6 Å². The summed E-state index contributed by atoms with van der Waals surface area (Å²) < 4.78 is 2.29. The van der Waals surface area contributed by atoms with Crippen LogP contribution < -0.4 is 0 Å². The van der Waals surface area contributed by atoms with Crippen molar-refractivity contribution >= 4 is 10.9 Å². The van der Waals surface area contributed by atoms with Gasteiger partial charge in [-0.3, -0.25) is 0 Å². The number of aliphatic hydroxyl groups excluding tert-OH is 1. The van der Waals surface area contributed by atoms with Gasteiger partial charge in [-0.1, -0.05) is 36.4 Å². The third-order valence-corrected chi connectivity index (χ3v) is 3.73. The topological polar surface area (TPSA) is 25.2 Å². The van der Waals surface area contributed by atoms with Crippen molar-refractivity contribution in [1.82, 2.24) is 4.57 Å². The first-order valence-corrected chi connectivity index (χ1v) is 7.09. The van der Waals surface area contributed by atoms with Gasteiger partial charge in [0.25, 0.3) is 0 Å². The fraction of sp³-hybridized carbons (Fsp3) is 0.222. The molecular formula is C18H19NO. The van der Waals surface area contributed by atoms with Crippen LogP contribution in [0.15, 0.2) is 60.8 Å². The second kappa shape index (κ2) is 5.93. The number of aromatic nitrogens is 1. The van der Waals surface area contributed by atoms with Crippen LogP contribution in [0.25, 0.3) is 10.9 Å². The summed E-state index contributed by atoms with van der Waals surface area (Å²) in [4.78, 5) is 0. The highest BCUT2D eigenvalue weighted by Gasteiger charge is 2.02. The van der Waals surface area contributed by atoms with E-state index in [9.17, 15) is 0 Å². The molecule has 0 saturated heterocycles. The Balaban J connectivity index is 1.69. The molecule has 102 valence electrons. The van der Waals surface area contributed by atoms with Crippen molar-refractivity contribution in [2.45, 2.75) is 26.0 Å². The normalized spacial score (nSPS) is 11.1. The smallest absolute Gasteiger partial charge is 0.0682 e. The van der Waals surface area contributed by atoms with Crippen molar-refractivity contribution in [2.75, 3.05) is 0 Å². The lowest BCUT2D eigenvalue weighted by atomic mass is 10.1. The lowest BCUT2D eigenvalue weighted by molar-refractivity contribution is 0.282. The van der Waals surface area contributed by atoms with E-state index in [1.54, 1.807) is 0 Å². The minimum absolute atomic E-state index is 0.106. The molecule has 0 atom stereocenters. The Morgan fingerprint density at radius 2 is 1.75 bits per heavy atom. The molecule has 0 aliphatic carbocycles. The Hall–Kier alpha value is -2.06. The van der Waals surface area contributed by atoms with Crippen molar-refractivity contribution < 1.29 is 5.11 Å². The average Bonchev–Trinajstić information content (AvgIpc) is 2.91. The van der Waals surface area contributed by atoms with E-state index in [0.29, 0.717) is 0 Å². The van der Waals surface area contributed by atoms with E-state index in [4.69, 9.17) is 5.11 Å². The van der Waals surface area contributed by atoms with Gasteiger partial charge in [-0.2, -0.15) is 0 Å². The van der Waals surface area contributed by atoms with Crippen LogP contribution in [0.2, 0.25) is 0 Å². The van der Waals surface area contributed by atoms with Gasteiger partial charge in [0.05, 0.1) is 6.61 Å². The van der Waals surface area contributed by atoms with Crippen LogP contribution in [0.5, 0.6) is 0 Å². The van der Waals surface area contributed by atoms with Crippen LogP contribution in [0.4, 0.5) is 0 Å². The summed E-state index contributed by atoms with van der Waals surface area (Å²) in [6, 6.07) is 18.9. The van der Waals surface area contributed by atoms with E-state index < -0.39 is 0 Å². The standard InChI is InChI=1S/C18H19NO/c20-14-16-8-9-18-17(13-16)10-12-19(18)11-4-7-15-5-2-1-3-6-15/h1-3,5-6,8-10,12-13,20H,4,7,11,14H2. The molecule has 2 aromatic carbocycles. The number of hydrogen-bond donors (Lipinski definition) is 1. The fourth-order valence-electron chi connectivity index (χ4n) is 2.64. The van der Waals surface area contributed by atoms with Crippen LogP contribution >= 0.6 is 0 Å². The highest BCUT2D eigenvalue weighted by Crippen LogP contribution is 2.18. The van der Waals surface area contributed by atoms with E-state index in [1.165, 1.54) is 16.5 Å². The molecule has 3 aromatic rings. The fourth-order valence-corrected chi connectivity index (χ4v) is 2.64. The molecule has 0 radical (unpaired) electrons. The van der Waals surface area contributed by atoms with Crippen LogP contribution in [-0.4, -0.2) is 9.67 Å². The van der Waals surface area contributed by atoms with Gasteiger partial charge in [-0.25, -0.2) is 0 Å². The van der Waals surface area contributed by atoms with Gasteiger partial charge >= 0.3 is 0 Å². The van der Waals surface area contributed by atoms with E-state index in [-0.39, 0.29) is 6.61 Å². The molecule has 1 N–H and O–H groups in total. The van der Waals surface area contributed by atoms with Gasteiger partial charge in [0.2, 0.25) is 0 Å². The number of hydrogen-bond acceptors (Lipinski definition) is 1. The number of aryl methyl sites for hydroxylation is 2. The minimum atomic E-state index is 0.106. The molecule has 0 aliphatic rings. The van der Waals surface area contributed by atoms with Crippen molar-refractivity contribution in [3.8, 4) is 0 Å². The Kier molecular flexibility index (Phi) is 3.84. The summed E-state index contributed by atoms with van der Waals surface area (Å²) in [7, 11) is 0. The summed E-state index contributed by atoms with van der Waals surface area (Å²) in [6.07, 6.45) is 4.38. The molecule has 3 rings (SSSR count). The number of benzene rings is 2. The largest absolute Gasteiger partial charge is 0.392 e. The van der Waals surface area contributed by atoms with Crippen LogP contribution in [0.3, 0.4) is 0 Å². The molecule has 20 heavy (non-hydrogen) atoms. The number of aliphatic hydroxyl groups is 1. The predicted octanol–water partition coefficient (Wildman–Crippen LogP) is 3.77. The Morgan fingerprint density at radius 1 is 0.900 bits per heavy atom. The summed E-state index contributed by atoms with van der Waals surface area (Å²) >= 11 is 0. The number of fused-ring (bicyclic) bond motifs is 1. The zero-order valence-corrected chi connectivity index (χ0v) is 11.5. The van der Waals surface area contributed by atoms with E-state index in [2.05, 4.69) is 59.3 Å². The molecule has 0 saturated carbocycles. The summed E-state index contributed by atoms with van der Waals surface area (Å²) in [5.74, 6) is 0.